The van der Waals surface area contributed by atoms with Gasteiger partial charge in [-0.2, -0.15) is 0 Å². The van der Waals surface area contributed by atoms with E-state index in [1.54, 1.807) is 31.4 Å². The average molecular weight is 398 g/mol. The Morgan fingerprint density at radius 3 is 2.54 bits per heavy atom. The number of oxime groups is 1. The van der Waals surface area contributed by atoms with Crippen molar-refractivity contribution in [1.29, 1.82) is 0 Å². The Bertz CT molecular complexity index is 1120. The molecule has 1 aliphatic heterocycles. The molecule has 7 heteroatoms. The van der Waals surface area contributed by atoms with Gasteiger partial charge < -0.3 is 14.0 Å². The molecule has 0 atom stereocenters. The van der Waals surface area contributed by atoms with Crippen LogP contribution in [0.2, 0.25) is 5.02 Å². The Balaban J connectivity index is 1.65. The van der Waals surface area contributed by atoms with Crippen molar-refractivity contribution in [3.63, 3.8) is 0 Å². The van der Waals surface area contributed by atoms with Crippen LogP contribution in [0.1, 0.15) is 11.3 Å². The summed E-state index contributed by atoms with van der Waals surface area (Å²) < 4.78 is 24.1. The fourth-order valence-electron chi connectivity index (χ4n) is 2.77. The topological polar surface area (TPSA) is 61.0 Å². The first-order chi connectivity index (χ1) is 13.5. The lowest BCUT2D eigenvalue weighted by Crippen LogP contribution is -2.06. The number of carbonyl (C=O) groups is 1. The lowest BCUT2D eigenvalue weighted by Gasteiger charge is -2.04. The van der Waals surface area contributed by atoms with Gasteiger partial charge in [0.25, 0.3) is 0 Å². The first-order valence-electron chi connectivity index (χ1n) is 8.26. The monoisotopic (exact) mass is 397 g/mol. The number of hydrogen-bond acceptors (Lipinski definition) is 5. The van der Waals surface area contributed by atoms with Crippen molar-refractivity contribution in [2.45, 2.75) is 0 Å². The average Bonchev–Trinajstić information content (AvgIpc) is 3.30. The zero-order valence-electron chi connectivity index (χ0n) is 14.6. The first kappa shape index (κ1) is 18.0. The van der Waals surface area contributed by atoms with Crippen molar-refractivity contribution in [3.05, 3.63) is 82.3 Å². The molecule has 0 saturated carbocycles. The van der Waals surface area contributed by atoms with Crippen molar-refractivity contribution in [1.82, 2.24) is 0 Å². The number of carbonyl (C=O) groups excluding carboxylic acids is 1. The second-order valence-corrected chi connectivity index (χ2v) is 6.34. The van der Waals surface area contributed by atoms with Gasteiger partial charge in [0.2, 0.25) is 0 Å². The Morgan fingerprint density at radius 2 is 1.82 bits per heavy atom. The second kappa shape index (κ2) is 7.32. The molecule has 2 aromatic carbocycles. The van der Waals surface area contributed by atoms with E-state index in [-0.39, 0.29) is 11.4 Å². The Hall–Kier alpha value is -3.38. The van der Waals surface area contributed by atoms with Gasteiger partial charge in [-0.05, 0) is 60.7 Å². The zero-order valence-corrected chi connectivity index (χ0v) is 15.4. The van der Waals surface area contributed by atoms with Crippen LogP contribution in [0, 0.1) is 5.82 Å². The molecule has 1 aliphatic rings. The molecule has 0 spiro atoms. The maximum atomic E-state index is 13.1. The third kappa shape index (κ3) is 3.42. The number of furan rings is 1. The van der Waals surface area contributed by atoms with Gasteiger partial charge in [-0.15, -0.1) is 0 Å². The Labute approximate surface area is 164 Å². The maximum Gasteiger partial charge on any atom is 0.368 e. The van der Waals surface area contributed by atoms with E-state index < -0.39 is 5.97 Å². The third-order valence-corrected chi connectivity index (χ3v) is 4.46. The zero-order chi connectivity index (χ0) is 19.7. The third-order valence-electron chi connectivity index (χ3n) is 4.16. The molecule has 140 valence electrons. The first-order valence-corrected chi connectivity index (χ1v) is 8.64. The van der Waals surface area contributed by atoms with Crippen molar-refractivity contribution in [2.24, 2.45) is 5.16 Å². The van der Waals surface area contributed by atoms with Crippen LogP contribution in [-0.2, 0) is 9.63 Å². The molecule has 0 amide bonds. The van der Waals surface area contributed by atoms with Crippen LogP contribution in [0.3, 0.4) is 0 Å². The summed E-state index contributed by atoms with van der Waals surface area (Å²) in [5.41, 5.74) is 1.86. The van der Waals surface area contributed by atoms with E-state index in [1.165, 1.54) is 30.3 Å². The number of ether oxygens (including phenoxy) is 1. The molecule has 3 aromatic rings. The Kier molecular flexibility index (Phi) is 4.71. The van der Waals surface area contributed by atoms with Crippen molar-refractivity contribution in [2.75, 3.05) is 7.11 Å². The molecule has 4 rings (SSSR count). The lowest BCUT2D eigenvalue weighted by molar-refractivity contribution is -0.136. The number of benzene rings is 2. The predicted octanol–water partition coefficient (Wildman–Crippen LogP) is 5.09. The van der Waals surface area contributed by atoms with Crippen LogP contribution in [0.5, 0.6) is 5.75 Å². The number of methoxy groups -OCH3 is 1. The fraction of sp³-hybridized carbons (Fsp3) is 0.0476. The molecule has 0 radical (unpaired) electrons. The van der Waals surface area contributed by atoms with Gasteiger partial charge >= 0.3 is 5.97 Å². The van der Waals surface area contributed by atoms with Gasteiger partial charge in [0, 0.05) is 11.1 Å². The molecule has 0 aliphatic carbocycles. The summed E-state index contributed by atoms with van der Waals surface area (Å²) >= 11 is 6.16. The molecule has 28 heavy (non-hydrogen) atoms. The van der Waals surface area contributed by atoms with E-state index in [0.29, 0.717) is 33.6 Å². The van der Waals surface area contributed by atoms with Crippen LogP contribution in [0.25, 0.3) is 17.4 Å². The summed E-state index contributed by atoms with van der Waals surface area (Å²) in [5.74, 6) is 0.584. The van der Waals surface area contributed by atoms with Crippen molar-refractivity contribution < 1.29 is 23.2 Å². The van der Waals surface area contributed by atoms with E-state index in [1.807, 2.05) is 6.07 Å². The van der Waals surface area contributed by atoms with Crippen LogP contribution < -0.4 is 4.74 Å². The van der Waals surface area contributed by atoms with Gasteiger partial charge in [0.1, 0.15) is 28.8 Å². The highest BCUT2D eigenvalue weighted by molar-refractivity contribution is 6.32. The van der Waals surface area contributed by atoms with E-state index >= 15 is 0 Å². The summed E-state index contributed by atoms with van der Waals surface area (Å²) in [6.07, 6.45) is 1.53. The fourth-order valence-corrected chi connectivity index (χ4v) is 3.03. The smallest absolute Gasteiger partial charge is 0.368 e. The normalized spacial score (nSPS) is 14.9. The quantitative estimate of drug-likeness (QED) is 0.454. The molecule has 5 nitrogen and oxygen atoms in total. The van der Waals surface area contributed by atoms with Crippen molar-refractivity contribution in [3.8, 4) is 17.1 Å². The van der Waals surface area contributed by atoms with Crippen LogP contribution in [0.15, 0.2) is 69.7 Å². The SMILES string of the molecule is COc1ccc(-c2ccc(/C=C3\C(=O)ON=C3c3ccc(F)cc3)o2)cc1Cl. The maximum absolute atomic E-state index is 13.1. The summed E-state index contributed by atoms with van der Waals surface area (Å²) in [5, 5.41) is 4.25. The molecule has 0 unspecified atom stereocenters. The van der Waals surface area contributed by atoms with E-state index in [2.05, 4.69) is 5.16 Å². The van der Waals surface area contributed by atoms with Gasteiger partial charge in [-0.1, -0.05) is 16.8 Å². The molecular formula is C21H13ClFNO4. The lowest BCUT2D eigenvalue weighted by atomic mass is 10.0. The summed E-state index contributed by atoms with van der Waals surface area (Å²) in [6, 6.07) is 14.4. The number of halogens is 2. The minimum atomic E-state index is -0.607. The molecule has 0 fully saturated rings. The second-order valence-electron chi connectivity index (χ2n) is 5.93. The van der Waals surface area contributed by atoms with Gasteiger partial charge in [0.05, 0.1) is 17.7 Å². The van der Waals surface area contributed by atoms with Gasteiger partial charge in [-0.25, -0.2) is 9.18 Å². The largest absolute Gasteiger partial charge is 0.495 e. The minimum Gasteiger partial charge on any atom is -0.495 e. The molecule has 0 saturated heterocycles. The summed E-state index contributed by atoms with van der Waals surface area (Å²) in [6.45, 7) is 0. The number of nitrogens with zero attached hydrogens (tertiary/aromatic N) is 1. The van der Waals surface area contributed by atoms with Crippen molar-refractivity contribution >= 4 is 29.4 Å². The minimum absolute atomic E-state index is 0.222. The van der Waals surface area contributed by atoms with E-state index in [0.717, 1.165) is 5.56 Å². The summed E-state index contributed by atoms with van der Waals surface area (Å²) in [7, 11) is 1.54. The van der Waals surface area contributed by atoms with E-state index in [4.69, 9.17) is 25.6 Å². The number of rotatable bonds is 4. The molecule has 1 aromatic heterocycles. The van der Waals surface area contributed by atoms with E-state index in [9.17, 15) is 9.18 Å². The highest BCUT2D eigenvalue weighted by atomic mass is 35.5. The van der Waals surface area contributed by atoms with Crippen LogP contribution in [-0.4, -0.2) is 18.8 Å². The van der Waals surface area contributed by atoms with Crippen LogP contribution >= 0.6 is 11.6 Å². The number of hydrogen-bond donors (Lipinski definition) is 0. The molecular weight excluding hydrogens is 385 g/mol. The van der Waals surface area contributed by atoms with Gasteiger partial charge in [-0.3, -0.25) is 0 Å². The highest BCUT2D eigenvalue weighted by Gasteiger charge is 2.27. The standard InChI is InChI=1S/C21H13ClFNO4/c1-26-19-8-4-13(10-17(19)22)18-9-7-15(27-18)11-16-20(24-28-21(16)25)12-2-5-14(23)6-3-12/h2-11H,1H3/b16-11-. The molecule has 2 heterocycles. The molecule has 0 N–H and O–H groups in total. The van der Waals surface area contributed by atoms with Crippen LogP contribution in [0.4, 0.5) is 4.39 Å². The predicted molar refractivity (Wildman–Crippen MR) is 103 cm³/mol. The summed E-state index contributed by atoms with van der Waals surface area (Å²) in [4.78, 5) is 16.9. The highest BCUT2D eigenvalue weighted by Crippen LogP contribution is 2.32. The van der Waals surface area contributed by atoms with Gasteiger partial charge in [0.15, 0.2) is 0 Å². The molecule has 0 bridgehead atoms. The Morgan fingerprint density at radius 1 is 1.07 bits per heavy atom.